The molecular formula is C15H18N2O. The van der Waals surface area contributed by atoms with Crippen LogP contribution in [0, 0.1) is 0 Å². The highest BCUT2D eigenvalue weighted by molar-refractivity contribution is 5.57. The molecule has 2 aromatic rings. The van der Waals surface area contributed by atoms with Gasteiger partial charge < -0.3 is 15.1 Å². The minimum Gasteiger partial charge on any atom is -0.472 e. The molecule has 1 aliphatic rings. The van der Waals surface area contributed by atoms with Crippen molar-refractivity contribution in [2.24, 2.45) is 5.73 Å². The third kappa shape index (κ3) is 1.91. The van der Waals surface area contributed by atoms with Crippen molar-refractivity contribution < 1.29 is 4.42 Å². The third-order valence-corrected chi connectivity index (χ3v) is 3.67. The molecule has 18 heavy (non-hydrogen) atoms. The Balaban J connectivity index is 1.97. The Hall–Kier alpha value is -1.74. The Morgan fingerprint density at radius 3 is 2.94 bits per heavy atom. The van der Waals surface area contributed by atoms with E-state index in [1.165, 1.54) is 17.7 Å². The highest BCUT2D eigenvalue weighted by atomic mass is 16.3. The van der Waals surface area contributed by atoms with Gasteiger partial charge in [0.25, 0.3) is 0 Å². The van der Waals surface area contributed by atoms with E-state index in [4.69, 9.17) is 10.2 Å². The molecule has 3 nitrogen and oxygen atoms in total. The van der Waals surface area contributed by atoms with Crippen LogP contribution in [-0.2, 0) is 6.42 Å². The molecule has 0 spiro atoms. The summed E-state index contributed by atoms with van der Waals surface area (Å²) in [5.74, 6) is 0. The predicted molar refractivity (Wildman–Crippen MR) is 72.6 cm³/mol. The fourth-order valence-electron chi connectivity index (χ4n) is 2.79. The Bertz CT molecular complexity index is 507. The molecule has 2 heterocycles. The first kappa shape index (κ1) is 11.4. The normalized spacial score (nSPS) is 16.4. The van der Waals surface area contributed by atoms with E-state index in [1.807, 2.05) is 6.07 Å². The van der Waals surface area contributed by atoms with E-state index >= 15 is 0 Å². The summed E-state index contributed by atoms with van der Waals surface area (Å²) in [6.45, 7) is 1.66. The quantitative estimate of drug-likeness (QED) is 0.900. The molecule has 3 rings (SSSR count). The fraction of sp³-hybridized carbons (Fsp3) is 0.333. The van der Waals surface area contributed by atoms with Crippen LogP contribution in [-0.4, -0.2) is 13.1 Å². The van der Waals surface area contributed by atoms with E-state index in [2.05, 4.69) is 29.2 Å². The summed E-state index contributed by atoms with van der Waals surface area (Å²) in [4.78, 5) is 2.41. The molecule has 3 heteroatoms. The van der Waals surface area contributed by atoms with Gasteiger partial charge in [-0.3, -0.25) is 0 Å². The average Bonchev–Trinajstić information content (AvgIpc) is 2.94. The molecule has 1 aromatic carbocycles. The maximum Gasteiger partial charge on any atom is 0.0955 e. The minimum atomic E-state index is 0.213. The van der Waals surface area contributed by atoms with Gasteiger partial charge in [0.1, 0.15) is 0 Å². The lowest BCUT2D eigenvalue weighted by Gasteiger charge is -2.37. The number of hydrogen-bond donors (Lipinski definition) is 1. The van der Waals surface area contributed by atoms with E-state index < -0.39 is 0 Å². The number of nitrogens with two attached hydrogens (primary N) is 1. The number of nitrogens with zero attached hydrogens (tertiary/aromatic N) is 1. The number of anilines is 1. The van der Waals surface area contributed by atoms with Gasteiger partial charge in [0, 0.05) is 24.3 Å². The maximum absolute atomic E-state index is 5.97. The van der Waals surface area contributed by atoms with E-state index in [0.717, 1.165) is 18.5 Å². The van der Waals surface area contributed by atoms with Crippen LogP contribution in [0.4, 0.5) is 5.69 Å². The molecule has 0 aliphatic carbocycles. The van der Waals surface area contributed by atoms with Crippen molar-refractivity contribution in [1.82, 2.24) is 0 Å². The molecule has 1 aromatic heterocycles. The van der Waals surface area contributed by atoms with Crippen molar-refractivity contribution in [2.45, 2.75) is 18.9 Å². The first-order chi connectivity index (χ1) is 8.90. The molecule has 1 aliphatic heterocycles. The van der Waals surface area contributed by atoms with Gasteiger partial charge in [-0.25, -0.2) is 0 Å². The van der Waals surface area contributed by atoms with Gasteiger partial charge >= 0.3 is 0 Å². The van der Waals surface area contributed by atoms with Crippen molar-refractivity contribution >= 4 is 5.69 Å². The summed E-state index contributed by atoms with van der Waals surface area (Å²) >= 11 is 0. The number of rotatable bonds is 3. The lowest BCUT2D eigenvalue weighted by Crippen LogP contribution is -2.37. The lowest BCUT2D eigenvalue weighted by molar-refractivity contribution is 0.546. The van der Waals surface area contributed by atoms with Crippen LogP contribution >= 0.6 is 0 Å². The predicted octanol–water partition coefficient (Wildman–Crippen LogP) is 2.73. The number of para-hydroxylation sites is 1. The van der Waals surface area contributed by atoms with E-state index in [0.29, 0.717) is 6.54 Å². The second-order valence-electron chi connectivity index (χ2n) is 4.73. The topological polar surface area (TPSA) is 42.4 Å². The van der Waals surface area contributed by atoms with Gasteiger partial charge in [-0.15, -0.1) is 0 Å². The van der Waals surface area contributed by atoms with Crippen LogP contribution in [0.1, 0.15) is 23.6 Å². The molecule has 0 saturated heterocycles. The Morgan fingerprint density at radius 2 is 2.17 bits per heavy atom. The zero-order chi connectivity index (χ0) is 12.4. The summed E-state index contributed by atoms with van der Waals surface area (Å²) in [6.07, 6.45) is 5.86. The lowest BCUT2D eigenvalue weighted by atomic mass is 9.98. The summed E-state index contributed by atoms with van der Waals surface area (Å²) in [5, 5.41) is 0. The van der Waals surface area contributed by atoms with Gasteiger partial charge in [-0.05, 0) is 30.5 Å². The number of furan rings is 1. The molecule has 94 valence electrons. The second-order valence-corrected chi connectivity index (χ2v) is 4.73. The van der Waals surface area contributed by atoms with Crippen molar-refractivity contribution in [3.8, 4) is 0 Å². The van der Waals surface area contributed by atoms with Crippen LogP contribution in [0.25, 0.3) is 0 Å². The summed E-state index contributed by atoms with van der Waals surface area (Å²) in [5.41, 5.74) is 9.87. The number of hydrogen-bond acceptors (Lipinski definition) is 3. The molecule has 1 unspecified atom stereocenters. The van der Waals surface area contributed by atoms with Gasteiger partial charge in [-0.2, -0.15) is 0 Å². The Morgan fingerprint density at radius 1 is 1.28 bits per heavy atom. The largest absolute Gasteiger partial charge is 0.472 e. The van der Waals surface area contributed by atoms with Gasteiger partial charge in [0.15, 0.2) is 0 Å². The van der Waals surface area contributed by atoms with Crippen molar-refractivity contribution in [3.05, 3.63) is 54.0 Å². The van der Waals surface area contributed by atoms with Crippen LogP contribution in [0.2, 0.25) is 0 Å². The smallest absolute Gasteiger partial charge is 0.0955 e. The summed E-state index contributed by atoms with van der Waals surface area (Å²) in [7, 11) is 0. The van der Waals surface area contributed by atoms with E-state index in [1.54, 1.807) is 12.5 Å². The van der Waals surface area contributed by atoms with E-state index in [9.17, 15) is 0 Å². The number of benzene rings is 1. The van der Waals surface area contributed by atoms with Crippen LogP contribution in [0.3, 0.4) is 0 Å². The summed E-state index contributed by atoms with van der Waals surface area (Å²) in [6, 6.07) is 10.8. The van der Waals surface area contributed by atoms with Crippen LogP contribution < -0.4 is 10.6 Å². The first-order valence-corrected chi connectivity index (χ1v) is 6.47. The summed E-state index contributed by atoms with van der Waals surface area (Å²) < 4.78 is 5.19. The van der Waals surface area contributed by atoms with Crippen LogP contribution in [0.15, 0.2) is 47.3 Å². The molecular weight excluding hydrogens is 224 g/mol. The molecule has 1 atom stereocenters. The molecule has 0 bridgehead atoms. The maximum atomic E-state index is 5.97. The molecule has 0 saturated carbocycles. The number of fused-ring (bicyclic) bond motifs is 1. The third-order valence-electron chi connectivity index (χ3n) is 3.67. The highest BCUT2D eigenvalue weighted by Crippen LogP contribution is 2.33. The Kier molecular flexibility index (Phi) is 3.07. The van der Waals surface area contributed by atoms with Crippen molar-refractivity contribution in [2.75, 3.05) is 18.0 Å². The van der Waals surface area contributed by atoms with Gasteiger partial charge in [-0.1, -0.05) is 18.2 Å². The number of aryl methyl sites for hydroxylation is 1. The van der Waals surface area contributed by atoms with Crippen LogP contribution in [0.5, 0.6) is 0 Å². The highest BCUT2D eigenvalue weighted by Gasteiger charge is 2.24. The van der Waals surface area contributed by atoms with Crippen molar-refractivity contribution in [1.29, 1.82) is 0 Å². The zero-order valence-electron chi connectivity index (χ0n) is 10.4. The fourth-order valence-corrected chi connectivity index (χ4v) is 2.79. The molecule has 2 N–H and O–H groups in total. The average molecular weight is 242 g/mol. The zero-order valence-corrected chi connectivity index (χ0v) is 10.4. The second kappa shape index (κ2) is 4.86. The standard InChI is InChI=1S/C15H18N2O/c16-10-15(13-7-9-18-11-13)17-8-3-5-12-4-1-2-6-14(12)17/h1-2,4,6-7,9,11,15H,3,5,8,10,16H2. The molecule has 0 fully saturated rings. The Labute approximate surface area is 107 Å². The SMILES string of the molecule is NCC(c1ccoc1)N1CCCc2ccccc21. The monoisotopic (exact) mass is 242 g/mol. The van der Waals surface area contributed by atoms with Gasteiger partial charge in [0.05, 0.1) is 18.6 Å². The molecule has 0 radical (unpaired) electrons. The first-order valence-electron chi connectivity index (χ1n) is 6.47. The van der Waals surface area contributed by atoms with Gasteiger partial charge in [0.2, 0.25) is 0 Å². The van der Waals surface area contributed by atoms with Crippen molar-refractivity contribution in [3.63, 3.8) is 0 Å². The minimum absolute atomic E-state index is 0.213. The van der Waals surface area contributed by atoms with E-state index in [-0.39, 0.29) is 6.04 Å². The molecule has 0 amide bonds.